The van der Waals surface area contributed by atoms with Crippen LogP contribution in [0.2, 0.25) is 0 Å². The Morgan fingerprint density at radius 3 is 2.78 bits per heavy atom. The Morgan fingerprint density at radius 1 is 1.28 bits per heavy atom. The molecular weight excluding hydrogens is 228 g/mol. The summed E-state index contributed by atoms with van der Waals surface area (Å²) in [6, 6.07) is 11.5. The van der Waals surface area contributed by atoms with Gasteiger partial charge in [-0.3, -0.25) is 4.79 Å². The van der Waals surface area contributed by atoms with Crippen LogP contribution in [0.5, 0.6) is 0 Å². The smallest absolute Gasteiger partial charge is 0.266 e. The van der Waals surface area contributed by atoms with Crippen molar-refractivity contribution in [2.24, 2.45) is 0 Å². The summed E-state index contributed by atoms with van der Waals surface area (Å²) >= 11 is 0. The number of nitriles is 1. The lowest BCUT2D eigenvalue weighted by molar-refractivity contribution is 0.549. The fourth-order valence-corrected chi connectivity index (χ4v) is 1.56. The molecule has 0 saturated heterocycles. The minimum Gasteiger partial charge on any atom is -0.266 e. The van der Waals surface area contributed by atoms with E-state index in [2.05, 4.69) is 10.1 Å². The van der Waals surface area contributed by atoms with Crippen molar-refractivity contribution in [3.8, 4) is 17.5 Å². The molecule has 0 atom stereocenters. The second kappa shape index (κ2) is 5.73. The van der Waals surface area contributed by atoms with Crippen molar-refractivity contribution >= 4 is 0 Å². The van der Waals surface area contributed by atoms with Crippen molar-refractivity contribution in [1.82, 2.24) is 14.8 Å². The Kier molecular flexibility index (Phi) is 3.82. The molecule has 2 rings (SSSR count). The van der Waals surface area contributed by atoms with Gasteiger partial charge in [-0.2, -0.15) is 5.26 Å². The van der Waals surface area contributed by atoms with Crippen LogP contribution in [0.3, 0.4) is 0 Å². The van der Waals surface area contributed by atoms with E-state index in [-0.39, 0.29) is 5.56 Å². The monoisotopic (exact) mass is 240 g/mol. The summed E-state index contributed by atoms with van der Waals surface area (Å²) in [5.74, 6) is 0.521. The fourth-order valence-electron chi connectivity index (χ4n) is 1.56. The van der Waals surface area contributed by atoms with E-state index in [1.165, 1.54) is 10.9 Å². The van der Waals surface area contributed by atoms with Crippen molar-refractivity contribution in [3.63, 3.8) is 0 Å². The van der Waals surface area contributed by atoms with Crippen molar-refractivity contribution in [2.45, 2.75) is 19.4 Å². The van der Waals surface area contributed by atoms with Crippen LogP contribution in [0.25, 0.3) is 11.4 Å². The van der Waals surface area contributed by atoms with Gasteiger partial charge in [-0.05, 0) is 6.42 Å². The predicted octanol–water partition coefficient (Wildman–Crippen LogP) is 1.61. The first-order valence-electron chi connectivity index (χ1n) is 5.68. The van der Waals surface area contributed by atoms with E-state index in [0.29, 0.717) is 25.2 Å². The van der Waals surface area contributed by atoms with E-state index in [9.17, 15) is 4.79 Å². The number of rotatable bonds is 4. The first-order chi connectivity index (χ1) is 8.81. The molecule has 1 aromatic heterocycles. The van der Waals surface area contributed by atoms with Crippen LogP contribution < -0.4 is 5.56 Å². The lowest BCUT2D eigenvalue weighted by atomic mass is 10.2. The standard InChI is InChI=1S/C13H12N4O/c14-8-4-5-9-17-12(18)10-15-13(16-17)11-6-2-1-3-7-11/h1-3,6-7,10H,4-5,9H2. The van der Waals surface area contributed by atoms with Gasteiger partial charge in [0.25, 0.3) is 5.56 Å². The first-order valence-corrected chi connectivity index (χ1v) is 5.68. The van der Waals surface area contributed by atoms with Gasteiger partial charge >= 0.3 is 0 Å². The average molecular weight is 240 g/mol. The Labute approximate surface area is 104 Å². The van der Waals surface area contributed by atoms with Crippen LogP contribution in [0, 0.1) is 11.3 Å². The van der Waals surface area contributed by atoms with Crippen molar-refractivity contribution in [3.05, 3.63) is 46.9 Å². The van der Waals surface area contributed by atoms with E-state index >= 15 is 0 Å². The SMILES string of the molecule is N#CCCCn1nc(-c2ccccc2)ncc1=O. The summed E-state index contributed by atoms with van der Waals surface area (Å²) in [5.41, 5.74) is 0.624. The predicted molar refractivity (Wildman–Crippen MR) is 66.6 cm³/mol. The molecule has 0 N–H and O–H groups in total. The zero-order valence-corrected chi connectivity index (χ0v) is 9.78. The molecule has 0 amide bonds. The molecule has 0 aliphatic heterocycles. The lowest BCUT2D eigenvalue weighted by Gasteiger charge is -2.04. The maximum absolute atomic E-state index is 11.6. The second-order valence-corrected chi connectivity index (χ2v) is 3.77. The number of unbranched alkanes of at least 4 members (excludes halogenated alkanes) is 1. The van der Waals surface area contributed by atoms with Gasteiger partial charge in [-0.1, -0.05) is 30.3 Å². The van der Waals surface area contributed by atoms with Crippen molar-refractivity contribution in [1.29, 1.82) is 5.26 Å². The molecule has 1 aromatic carbocycles. The zero-order chi connectivity index (χ0) is 12.8. The topological polar surface area (TPSA) is 71.6 Å². The molecule has 5 nitrogen and oxygen atoms in total. The van der Waals surface area contributed by atoms with Gasteiger partial charge in [-0.15, -0.1) is 5.10 Å². The molecule has 0 fully saturated rings. The number of hydrogen-bond acceptors (Lipinski definition) is 4. The summed E-state index contributed by atoms with van der Waals surface area (Å²) in [6.07, 6.45) is 2.29. The molecule has 18 heavy (non-hydrogen) atoms. The summed E-state index contributed by atoms with van der Waals surface area (Å²) in [7, 11) is 0. The molecule has 0 bridgehead atoms. The molecule has 0 radical (unpaired) electrons. The summed E-state index contributed by atoms with van der Waals surface area (Å²) < 4.78 is 1.35. The molecule has 90 valence electrons. The van der Waals surface area contributed by atoms with Gasteiger partial charge in [0.05, 0.1) is 12.3 Å². The third-order valence-corrected chi connectivity index (χ3v) is 2.46. The van der Waals surface area contributed by atoms with Crippen LogP contribution in [-0.2, 0) is 6.54 Å². The Balaban J connectivity index is 2.27. The quantitative estimate of drug-likeness (QED) is 0.761. The number of nitrogens with zero attached hydrogens (tertiary/aromatic N) is 4. The molecular formula is C13H12N4O. The minimum atomic E-state index is -0.243. The molecule has 0 saturated carbocycles. The highest BCUT2D eigenvalue weighted by Gasteiger charge is 2.04. The Hall–Kier alpha value is -2.48. The van der Waals surface area contributed by atoms with Gasteiger partial charge in [0.1, 0.15) is 0 Å². The third kappa shape index (κ3) is 2.80. The van der Waals surface area contributed by atoms with E-state index in [1.807, 2.05) is 36.4 Å². The van der Waals surface area contributed by atoms with Gasteiger partial charge in [0.2, 0.25) is 0 Å². The van der Waals surface area contributed by atoms with E-state index in [4.69, 9.17) is 5.26 Å². The Bertz CT molecular complexity index is 613. The van der Waals surface area contributed by atoms with Gasteiger partial charge < -0.3 is 0 Å². The third-order valence-electron chi connectivity index (χ3n) is 2.46. The maximum Gasteiger partial charge on any atom is 0.285 e. The fraction of sp³-hybridized carbons (Fsp3) is 0.231. The highest BCUT2D eigenvalue weighted by molar-refractivity contribution is 5.53. The molecule has 2 aromatic rings. The Morgan fingerprint density at radius 2 is 2.06 bits per heavy atom. The number of aromatic nitrogens is 3. The van der Waals surface area contributed by atoms with Crippen LogP contribution in [-0.4, -0.2) is 14.8 Å². The van der Waals surface area contributed by atoms with E-state index in [1.54, 1.807) is 0 Å². The molecule has 1 heterocycles. The second-order valence-electron chi connectivity index (χ2n) is 3.77. The maximum atomic E-state index is 11.6. The zero-order valence-electron chi connectivity index (χ0n) is 9.78. The van der Waals surface area contributed by atoms with E-state index in [0.717, 1.165) is 5.56 Å². The molecule has 0 spiro atoms. The minimum absolute atomic E-state index is 0.243. The highest BCUT2D eigenvalue weighted by atomic mass is 16.1. The van der Waals surface area contributed by atoms with Gasteiger partial charge in [0, 0.05) is 18.5 Å². The van der Waals surface area contributed by atoms with Gasteiger partial charge in [-0.25, -0.2) is 9.67 Å². The normalized spacial score (nSPS) is 9.94. The van der Waals surface area contributed by atoms with Crippen LogP contribution in [0.1, 0.15) is 12.8 Å². The van der Waals surface area contributed by atoms with E-state index < -0.39 is 0 Å². The first kappa shape index (κ1) is 12.0. The number of aryl methyl sites for hydroxylation is 1. The van der Waals surface area contributed by atoms with Crippen LogP contribution in [0.4, 0.5) is 0 Å². The summed E-state index contributed by atoms with van der Waals surface area (Å²) in [5, 5.41) is 12.7. The molecule has 0 aliphatic carbocycles. The summed E-state index contributed by atoms with van der Waals surface area (Å²) in [4.78, 5) is 15.6. The largest absolute Gasteiger partial charge is 0.285 e. The molecule has 0 aliphatic rings. The number of hydrogen-bond donors (Lipinski definition) is 0. The summed E-state index contributed by atoms with van der Waals surface area (Å²) in [6.45, 7) is 0.439. The average Bonchev–Trinajstić information content (AvgIpc) is 2.42. The van der Waals surface area contributed by atoms with Crippen molar-refractivity contribution < 1.29 is 0 Å². The molecule has 5 heteroatoms. The number of benzene rings is 1. The lowest BCUT2D eigenvalue weighted by Crippen LogP contribution is -2.23. The van der Waals surface area contributed by atoms with Gasteiger partial charge in [0.15, 0.2) is 5.82 Å². The van der Waals surface area contributed by atoms with Crippen LogP contribution in [0.15, 0.2) is 41.3 Å². The highest BCUT2D eigenvalue weighted by Crippen LogP contribution is 2.11. The molecule has 0 unspecified atom stereocenters. The van der Waals surface area contributed by atoms with Crippen LogP contribution >= 0.6 is 0 Å². The van der Waals surface area contributed by atoms with Crippen molar-refractivity contribution in [2.75, 3.05) is 0 Å².